The van der Waals surface area contributed by atoms with E-state index < -0.39 is 25.0 Å². The Labute approximate surface area is 106 Å². The molecular formula is C3H6Li2O7S2. The van der Waals surface area contributed by atoms with Crippen molar-refractivity contribution in [1.29, 1.82) is 0 Å². The van der Waals surface area contributed by atoms with Crippen LogP contribution in [-0.4, -0.2) is 37.3 Å². The van der Waals surface area contributed by atoms with Gasteiger partial charge in [0.15, 0.2) is 0 Å². The molecule has 0 bridgehead atoms. The molecule has 74 valence electrons. The molecule has 0 aliphatic rings. The Morgan fingerprint density at radius 2 is 1.36 bits per heavy atom. The molecular weight excluding hydrogens is 226 g/mol. The van der Waals surface area contributed by atoms with Gasteiger partial charge in [-0.2, -0.15) is 0 Å². The smallest absolute Gasteiger partial charge is 0.745 e. The maximum absolute atomic E-state index is 10.1. The summed E-state index contributed by atoms with van der Waals surface area (Å²) >= 11 is 0. The summed E-state index contributed by atoms with van der Waals surface area (Å²) in [4.78, 5) is 0. The van der Waals surface area contributed by atoms with Crippen molar-refractivity contribution < 1.29 is 68.4 Å². The fraction of sp³-hybridized carbons (Fsp3) is 1.00. The van der Waals surface area contributed by atoms with E-state index in [4.69, 9.17) is 0 Å². The van der Waals surface area contributed by atoms with Crippen LogP contribution in [0.1, 0.15) is 6.92 Å². The van der Waals surface area contributed by atoms with Gasteiger partial charge in [0.2, 0.25) is 4.77 Å². The first-order valence-electron chi connectivity index (χ1n) is 2.70. The molecule has 0 radical (unpaired) electrons. The summed E-state index contributed by atoms with van der Waals surface area (Å²) in [6.45, 7) is 0.900. The Kier molecular flexibility index (Phi) is 10.6. The van der Waals surface area contributed by atoms with E-state index in [0.29, 0.717) is 0 Å². The fourth-order valence-electron chi connectivity index (χ4n) is 0.447. The Morgan fingerprint density at radius 1 is 1.07 bits per heavy atom. The van der Waals surface area contributed by atoms with Gasteiger partial charge in [-0.15, -0.1) is 0 Å². The van der Waals surface area contributed by atoms with Gasteiger partial charge in [0.05, 0.1) is 0 Å². The Morgan fingerprint density at radius 3 is 1.43 bits per heavy atom. The number of rotatable bonds is 4. The Hall–Kier alpha value is 0.975. The third-order valence-electron chi connectivity index (χ3n) is 0.774. The largest absolute Gasteiger partial charge is 1.00 e. The van der Waals surface area contributed by atoms with Crippen LogP contribution < -0.4 is 37.7 Å². The van der Waals surface area contributed by atoms with Crippen LogP contribution >= 0.6 is 0 Å². The minimum absolute atomic E-state index is 0. The molecule has 0 aromatic rings. The average Bonchev–Trinajstić information content (AvgIpc) is 1.77. The maximum Gasteiger partial charge on any atom is 1.00 e. The monoisotopic (exact) mass is 232 g/mol. The molecule has 0 fully saturated rings. The average molecular weight is 232 g/mol. The second-order valence-electron chi connectivity index (χ2n) is 1.73. The van der Waals surface area contributed by atoms with Crippen molar-refractivity contribution in [2.75, 3.05) is 6.61 Å². The normalized spacial score (nSPS) is 11.7. The third kappa shape index (κ3) is 7.29. The third-order valence-corrected chi connectivity index (χ3v) is 3.40. The van der Waals surface area contributed by atoms with Crippen molar-refractivity contribution >= 4 is 20.2 Å². The van der Waals surface area contributed by atoms with Crippen LogP contribution in [0.15, 0.2) is 0 Å². The molecule has 0 unspecified atom stereocenters. The number of ether oxygens (including phenoxy) is 1. The number of hydrogen-bond acceptors (Lipinski definition) is 7. The summed E-state index contributed by atoms with van der Waals surface area (Å²) in [6, 6.07) is 0. The van der Waals surface area contributed by atoms with Crippen LogP contribution in [0.5, 0.6) is 0 Å². The van der Waals surface area contributed by atoms with E-state index in [0.717, 1.165) is 0 Å². The zero-order valence-electron chi connectivity index (χ0n) is 7.96. The molecule has 0 saturated carbocycles. The van der Waals surface area contributed by atoms with E-state index in [-0.39, 0.29) is 44.3 Å². The molecule has 0 heterocycles. The van der Waals surface area contributed by atoms with Crippen molar-refractivity contribution in [2.45, 2.75) is 11.7 Å². The van der Waals surface area contributed by atoms with Crippen molar-refractivity contribution in [1.82, 2.24) is 0 Å². The van der Waals surface area contributed by atoms with E-state index in [9.17, 15) is 25.9 Å². The molecule has 0 aromatic heterocycles. The molecule has 0 N–H and O–H groups in total. The van der Waals surface area contributed by atoms with Crippen molar-refractivity contribution in [2.24, 2.45) is 0 Å². The second kappa shape index (κ2) is 7.28. The molecule has 0 saturated heterocycles. The van der Waals surface area contributed by atoms with Gasteiger partial charge in [-0.3, -0.25) is 0 Å². The molecule has 0 atom stereocenters. The summed E-state index contributed by atoms with van der Waals surface area (Å²) in [7, 11) is -10.5. The minimum Gasteiger partial charge on any atom is -0.745 e. The van der Waals surface area contributed by atoms with E-state index in [2.05, 4.69) is 4.74 Å². The molecule has 0 spiro atoms. The Bertz CT molecular complexity index is 300. The zero-order valence-corrected chi connectivity index (χ0v) is 9.59. The maximum atomic E-state index is 10.1. The first-order valence-corrected chi connectivity index (χ1v) is 5.65. The molecule has 0 aliphatic carbocycles. The van der Waals surface area contributed by atoms with Gasteiger partial charge < -0.3 is 13.8 Å². The van der Waals surface area contributed by atoms with Gasteiger partial charge in [0.25, 0.3) is 0 Å². The van der Waals surface area contributed by atoms with Crippen LogP contribution in [0.2, 0.25) is 0 Å². The van der Waals surface area contributed by atoms with E-state index in [1.807, 2.05) is 0 Å². The van der Waals surface area contributed by atoms with Crippen LogP contribution in [0.3, 0.4) is 0 Å². The van der Waals surface area contributed by atoms with E-state index in [1.54, 1.807) is 0 Å². The minimum atomic E-state index is -5.26. The van der Waals surface area contributed by atoms with E-state index in [1.165, 1.54) is 6.92 Å². The standard InChI is InChI=1S/C3H8O7S2.2Li/c1-2-10-3(11(4,5)6)12(7,8)9;;/h3H,2H2,1H3,(H,4,5,6)(H,7,8,9);;/q;2*+1/p-2. The molecule has 0 aromatic carbocycles. The quantitative estimate of drug-likeness (QED) is 0.348. The first kappa shape index (κ1) is 20.4. The summed E-state index contributed by atoms with van der Waals surface area (Å²) < 4.78 is 61.8. The van der Waals surface area contributed by atoms with Crippen LogP contribution in [0.4, 0.5) is 0 Å². The molecule has 11 heteroatoms. The number of hydrogen-bond donors (Lipinski definition) is 0. The predicted octanol–water partition coefficient (Wildman–Crippen LogP) is -7.60. The SMILES string of the molecule is CCOC(S(=O)(=O)[O-])S(=O)(=O)[O-].[Li+].[Li+]. The summed E-state index contributed by atoms with van der Waals surface area (Å²) in [6.07, 6.45) is 0. The van der Waals surface area contributed by atoms with Gasteiger partial charge in [-0.05, 0) is 6.92 Å². The van der Waals surface area contributed by atoms with Crippen molar-refractivity contribution in [3.05, 3.63) is 0 Å². The van der Waals surface area contributed by atoms with E-state index >= 15 is 0 Å². The topological polar surface area (TPSA) is 124 Å². The summed E-state index contributed by atoms with van der Waals surface area (Å²) in [5, 5.41) is 0. The van der Waals surface area contributed by atoms with Crippen LogP contribution in [0, 0.1) is 0 Å². The van der Waals surface area contributed by atoms with Gasteiger partial charge >= 0.3 is 37.7 Å². The fourth-order valence-corrected chi connectivity index (χ4v) is 2.21. The van der Waals surface area contributed by atoms with Gasteiger partial charge in [0.1, 0.15) is 20.2 Å². The predicted molar refractivity (Wildman–Crippen MR) is 34.8 cm³/mol. The zero-order chi connectivity index (χ0) is 9.99. The molecule has 14 heavy (non-hydrogen) atoms. The summed E-state index contributed by atoms with van der Waals surface area (Å²) in [5.74, 6) is 0. The summed E-state index contributed by atoms with van der Waals surface area (Å²) in [5.41, 5.74) is 0. The molecule has 0 aliphatic heterocycles. The van der Waals surface area contributed by atoms with Gasteiger partial charge in [-0.1, -0.05) is 0 Å². The molecule has 0 rings (SSSR count). The van der Waals surface area contributed by atoms with Gasteiger partial charge in [-0.25, -0.2) is 16.8 Å². The van der Waals surface area contributed by atoms with Crippen molar-refractivity contribution in [3.63, 3.8) is 0 Å². The molecule has 0 amide bonds. The van der Waals surface area contributed by atoms with Gasteiger partial charge in [0, 0.05) is 6.61 Å². The van der Waals surface area contributed by atoms with Crippen LogP contribution in [0.25, 0.3) is 0 Å². The van der Waals surface area contributed by atoms with Crippen LogP contribution in [-0.2, 0) is 25.0 Å². The molecule has 7 nitrogen and oxygen atoms in total. The first-order chi connectivity index (χ1) is 5.19. The second-order valence-corrected chi connectivity index (χ2v) is 4.86. The Balaban J connectivity index is -0.000000605. The van der Waals surface area contributed by atoms with Crippen molar-refractivity contribution in [3.8, 4) is 0 Å².